The Hall–Kier alpha value is -0.0800. The Balaban J connectivity index is 1.95. The summed E-state index contributed by atoms with van der Waals surface area (Å²) in [7, 11) is 0. The van der Waals surface area contributed by atoms with Crippen molar-refractivity contribution in [2.75, 3.05) is 32.7 Å². The Kier molecular flexibility index (Phi) is 3.36. The largest absolute Gasteiger partial charge is 0.316 e. The van der Waals surface area contributed by atoms with Crippen LogP contribution in [0.1, 0.15) is 33.6 Å². The fraction of sp³-hybridized carbons (Fsp3) is 1.00. The van der Waals surface area contributed by atoms with Gasteiger partial charge in [0.05, 0.1) is 0 Å². The van der Waals surface area contributed by atoms with Crippen LogP contribution in [0.4, 0.5) is 0 Å². The van der Waals surface area contributed by atoms with Gasteiger partial charge in [-0.1, -0.05) is 20.8 Å². The summed E-state index contributed by atoms with van der Waals surface area (Å²) < 4.78 is 0. The standard InChI is InChI=1S/C13H26N2/c1-11(2)13(5-6-14-9-13)10-15-7-4-12(3)8-15/h11-12,14H,4-10H2,1-3H3. The van der Waals surface area contributed by atoms with Gasteiger partial charge in [-0.3, -0.25) is 0 Å². The normalized spacial score (nSPS) is 38.0. The van der Waals surface area contributed by atoms with E-state index in [9.17, 15) is 0 Å². The molecule has 2 aliphatic heterocycles. The van der Waals surface area contributed by atoms with E-state index in [1.54, 1.807) is 0 Å². The van der Waals surface area contributed by atoms with Gasteiger partial charge in [-0.2, -0.15) is 0 Å². The first kappa shape index (κ1) is 11.4. The summed E-state index contributed by atoms with van der Waals surface area (Å²) in [4.78, 5) is 2.69. The van der Waals surface area contributed by atoms with E-state index in [4.69, 9.17) is 0 Å². The predicted octanol–water partition coefficient (Wildman–Crippen LogP) is 1.96. The third-order valence-electron chi connectivity index (χ3n) is 4.55. The van der Waals surface area contributed by atoms with Crippen LogP contribution in [0.15, 0.2) is 0 Å². The first-order chi connectivity index (χ1) is 7.12. The molecule has 0 bridgehead atoms. The van der Waals surface area contributed by atoms with E-state index in [0.29, 0.717) is 5.41 Å². The van der Waals surface area contributed by atoms with Gasteiger partial charge < -0.3 is 10.2 Å². The molecule has 0 aromatic heterocycles. The molecular weight excluding hydrogens is 184 g/mol. The van der Waals surface area contributed by atoms with Crippen LogP contribution in [0.3, 0.4) is 0 Å². The van der Waals surface area contributed by atoms with Crippen LogP contribution < -0.4 is 5.32 Å². The van der Waals surface area contributed by atoms with Gasteiger partial charge in [0.25, 0.3) is 0 Å². The zero-order chi connectivity index (χ0) is 10.9. The Morgan fingerprint density at radius 3 is 2.73 bits per heavy atom. The number of nitrogens with one attached hydrogen (secondary N) is 1. The van der Waals surface area contributed by atoms with E-state index in [-0.39, 0.29) is 0 Å². The van der Waals surface area contributed by atoms with Crippen LogP contribution in [-0.2, 0) is 0 Å². The Morgan fingerprint density at radius 2 is 2.27 bits per heavy atom. The number of likely N-dealkylation sites (tertiary alicyclic amines) is 1. The Morgan fingerprint density at radius 1 is 1.47 bits per heavy atom. The first-order valence-electron chi connectivity index (χ1n) is 6.55. The molecule has 0 aromatic carbocycles. The van der Waals surface area contributed by atoms with E-state index >= 15 is 0 Å². The van der Waals surface area contributed by atoms with Gasteiger partial charge in [0.15, 0.2) is 0 Å². The van der Waals surface area contributed by atoms with Crippen molar-refractivity contribution < 1.29 is 0 Å². The second-order valence-electron chi connectivity index (χ2n) is 6.07. The lowest BCUT2D eigenvalue weighted by molar-refractivity contribution is 0.133. The van der Waals surface area contributed by atoms with E-state index < -0.39 is 0 Å². The van der Waals surface area contributed by atoms with Crippen LogP contribution in [0.5, 0.6) is 0 Å². The fourth-order valence-electron chi connectivity index (χ4n) is 3.19. The van der Waals surface area contributed by atoms with Gasteiger partial charge in [0.2, 0.25) is 0 Å². The number of hydrogen-bond acceptors (Lipinski definition) is 2. The van der Waals surface area contributed by atoms with Crippen molar-refractivity contribution >= 4 is 0 Å². The summed E-state index contributed by atoms with van der Waals surface area (Å²) in [6, 6.07) is 0. The molecule has 88 valence electrons. The van der Waals surface area contributed by atoms with Crippen LogP contribution >= 0.6 is 0 Å². The second-order valence-corrected chi connectivity index (χ2v) is 6.07. The first-order valence-corrected chi connectivity index (χ1v) is 6.55. The molecule has 0 radical (unpaired) electrons. The van der Waals surface area contributed by atoms with Crippen molar-refractivity contribution in [1.29, 1.82) is 0 Å². The monoisotopic (exact) mass is 210 g/mol. The molecule has 2 atom stereocenters. The average molecular weight is 210 g/mol. The van der Waals surface area contributed by atoms with Crippen LogP contribution in [0.2, 0.25) is 0 Å². The predicted molar refractivity (Wildman–Crippen MR) is 65.0 cm³/mol. The van der Waals surface area contributed by atoms with Gasteiger partial charge in [-0.15, -0.1) is 0 Å². The molecule has 2 saturated heterocycles. The van der Waals surface area contributed by atoms with Gasteiger partial charge in [-0.25, -0.2) is 0 Å². The van der Waals surface area contributed by atoms with Gasteiger partial charge >= 0.3 is 0 Å². The van der Waals surface area contributed by atoms with E-state index in [1.807, 2.05) is 0 Å². The molecule has 0 aromatic rings. The fourth-order valence-corrected chi connectivity index (χ4v) is 3.19. The minimum atomic E-state index is 0.560. The molecule has 2 unspecified atom stereocenters. The third-order valence-corrected chi connectivity index (χ3v) is 4.55. The molecule has 2 heterocycles. The summed E-state index contributed by atoms with van der Waals surface area (Å²) in [6.45, 7) is 13.6. The van der Waals surface area contributed by atoms with E-state index in [1.165, 1.54) is 45.6 Å². The van der Waals surface area contributed by atoms with Crippen LogP contribution in [0.25, 0.3) is 0 Å². The quantitative estimate of drug-likeness (QED) is 0.766. The minimum Gasteiger partial charge on any atom is -0.316 e. The lowest BCUT2D eigenvalue weighted by Crippen LogP contribution is -2.41. The van der Waals surface area contributed by atoms with E-state index in [0.717, 1.165) is 11.8 Å². The highest BCUT2D eigenvalue weighted by Crippen LogP contribution is 2.36. The van der Waals surface area contributed by atoms with Crippen molar-refractivity contribution in [2.24, 2.45) is 17.3 Å². The summed E-state index contributed by atoms with van der Waals surface area (Å²) in [5.74, 6) is 1.73. The highest BCUT2D eigenvalue weighted by atomic mass is 15.2. The molecular formula is C13H26N2. The van der Waals surface area contributed by atoms with Crippen molar-refractivity contribution in [3.05, 3.63) is 0 Å². The Labute approximate surface area is 94.4 Å². The summed E-state index contributed by atoms with van der Waals surface area (Å²) >= 11 is 0. The van der Waals surface area contributed by atoms with Crippen molar-refractivity contribution in [3.8, 4) is 0 Å². The number of rotatable bonds is 3. The maximum absolute atomic E-state index is 3.55. The molecule has 2 nitrogen and oxygen atoms in total. The van der Waals surface area contributed by atoms with Crippen molar-refractivity contribution in [3.63, 3.8) is 0 Å². The molecule has 2 rings (SSSR count). The number of hydrogen-bond donors (Lipinski definition) is 1. The average Bonchev–Trinajstić information content (AvgIpc) is 2.77. The minimum absolute atomic E-state index is 0.560. The highest BCUT2D eigenvalue weighted by molar-refractivity contribution is 4.93. The highest BCUT2D eigenvalue weighted by Gasteiger charge is 2.39. The summed E-state index contributed by atoms with van der Waals surface area (Å²) in [6.07, 6.45) is 2.77. The third kappa shape index (κ3) is 2.36. The van der Waals surface area contributed by atoms with Crippen LogP contribution in [0, 0.1) is 17.3 Å². The SMILES string of the molecule is CC1CCN(CC2(C(C)C)CCNC2)C1. The summed E-state index contributed by atoms with van der Waals surface area (Å²) in [5, 5.41) is 3.55. The van der Waals surface area contributed by atoms with Gasteiger partial charge in [0, 0.05) is 19.6 Å². The molecule has 2 fully saturated rings. The molecule has 2 heteroatoms. The number of nitrogens with zero attached hydrogens (tertiary/aromatic N) is 1. The van der Waals surface area contributed by atoms with Gasteiger partial charge in [0.1, 0.15) is 0 Å². The van der Waals surface area contributed by atoms with Gasteiger partial charge in [-0.05, 0) is 43.2 Å². The van der Waals surface area contributed by atoms with E-state index in [2.05, 4.69) is 31.0 Å². The zero-order valence-electron chi connectivity index (χ0n) is 10.6. The second kappa shape index (κ2) is 4.42. The molecule has 15 heavy (non-hydrogen) atoms. The van der Waals surface area contributed by atoms with Crippen LogP contribution in [-0.4, -0.2) is 37.6 Å². The molecule has 1 N–H and O–H groups in total. The maximum Gasteiger partial charge on any atom is 0.00532 e. The Bertz CT molecular complexity index is 207. The maximum atomic E-state index is 3.55. The molecule has 0 aliphatic carbocycles. The zero-order valence-corrected chi connectivity index (χ0v) is 10.6. The lowest BCUT2D eigenvalue weighted by atomic mass is 9.76. The topological polar surface area (TPSA) is 15.3 Å². The molecule has 0 saturated carbocycles. The molecule has 0 spiro atoms. The molecule has 2 aliphatic rings. The smallest absolute Gasteiger partial charge is 0.00532 e. The lowest BCUT2D eigenvalue weighted by Gasteiger charge is -2.36. The molecule has 0 amide bonds. The summed E-state index contributed by atoms with van der Waals surface area (Å²) in [5.41, 5.74) is 0.560. The van der Waals surface area contributed by atoms with Crippen molar-refractivity contribution in [1.82, 2.24) is 10.2 Å². The van der Waals surface area contributed by atoms with Crippen molar-refractivity contribution in [2.45, 2.75) is 33.6 Å².